The number of carbonyl (C=O) groups is 1. The van der Waals surface area contributed by atoms with E-state index >= 15 is 0 Å². The number of pyridine rings is 1. The Morgan fingerprint density at radius 3 is 3.12 bits per heavy atom. The number of nitrogens with zero attached hydrogens (tertiary/aromatic N) is 2. The number of alkyl halides is 1. The Morgan fingerprint density at radius 2 is 2.44 bits per heavy atom. The second kappa shape index (κ2) is 5.05. The van der Waals surface area contributed by atoms with Crippen molar-refractivity contribution in [2.75, 3.05) is 11.2 Å². The number of carbonyl (C=O) groups excluding carboxylic acids is 1. The van der Waals surface area contributed by atoms with Crippen molar-refractivity contribution in [3.63, 3.8) is 0 Å². The molecule has 2 rings (SSSR count). The van der Waals surface area contributed by atoms with Crippen molar-refractivity contribution in [1.82, 2.24) is 9.97 Å². The number of halogens is 1. The fourth-order valence-electron chi connectivity index (χ4n) is 1.13. The molecule has 82 valence electrons. The van der Waals surface area contributed by atoms with Crippen LogP contribution in [0.1, 0.15) is 0 Å². The molecule has 4 nitrogen and oxygen atoms in total. The van der Waals surface area contributed by atoms with E-state index in [0.29, 0.717) is 5.13 Å². The summed E-state index contributed by atoms with van der Waals surface area (Å²) in [5.41, 5.74) is 1.72. The van der Waals surface area contributed by atoms with Crippen LogP contribution in [-0.2, 0) is 4.79 Å². The van der Waals surface area contributed by atoms with Gasteiger partial charge in [-0.15, -0.1) is 22.9 Å². The van der Waals surface area contributed by atoms with E-state index in [4.69, 9.17) is 11.6 Å². The molecule has 0 atom stereocenters. The summed E-state index contributed by atoms with van der Waals surface area (Å²) in [4.78, 5) is 19.3. The molecule has 0 fully saturated rings. The Labute approximate surface area is 101 Å². The first-order valence-corrected chi connectivity index (χ1v) is 5.93. The molecule has 0 radical (unpaired) electrons. The van der Waals surface area contributed by atoms with Gasteiger partial charge in [0.1, 0.15) is 5.88 Å². The lowest BCUT2D eigenvalue weighted by Gasteiger charge is -1.96. The number of rotatable bonds is 3. The molecule has 0 aliphatic heterocycles. The molecule has 1 amide bonds. The first-order chi connectivity index (χ1) is 7.79. The van der Waals surface area contributed by atoms with Gasteiger partial charge in [0.15, 0.2) is 5.13 Å². The summed E-state index contributed by atoms with van der Waals surface area (Å²) in [6.45, 7) is 0. The van der Waals surface area contributed by atoms with Gasteiger partial charge in [0, 0.05) is 23.3 Å². The lowest BCUT2D eigenvalue weighted by atomic mass is 10.2. The normalized spacial score (nSPS) is 10.1. The highest BCUT2D eigenvalue weighted by Crippen LogP contribution is 2.23. The Bertz CT molecular complexity index is 486. The molecule has 0 aromatic carbocycles. The van der Waals surface area contributed by atoms with Gasteiger partial charge in [-0.1, -0.05) is 0 Å². The monoisotopic (exact) mass is 253 g/mol. The van der Waals surface area contributed by atoms with Gasteiger partial charge < -0.3 is 5.32 Å². The molecule has 0 aliphatic rings. The number of hydrogen-bond acceptors (Lipinski definition) is 4. The first kappa shape index (κ1) is 11.0. The summed E-state index contributed by atoms with van der Waals surface area (Å²) < 4.78 is 0. The van der Waals surface area contributed by atoms with E-state index in [1.165, 1.54) is 11.3 Å². The fraction of sp³-hybridized carbons (Fsp3) is 0.100. The molecule has 0 saturated carbocycles. The van der Waals surface area contributed by atoms with Crippen LogP contribution in [0.2, 0.25) is 0 Å². The molecule has 2 aromatic heterocycles. The highest BCUT2D eigenvalue weighted by atomic mass is 35.5. The number of anilines is 1. The van der Waals surface area contributed by atoms with Crippen molar-refractivity contribution in [3.8, 4) is 11.3 Å². The lowest BCUT2D eigenvalue weighted by molar-refractivity contribution is -0.113. The molecule has 0 aliphatic carbocycles. The van der Waals surface area contributed by atoms with Crippen LogP contribution >= 0.6 is 22.9 Å². The largest absolute Gasteiger partial charge is 0.301 e. The highest BCUT2D eigenvalue weighted by molar-refractivity contribution is 7.14. The molecule has 2 heterocycles. The molecular weight excluding hydrogens is 246 g/mol. The number of aromatic nitrogens is 2. The fourth-order valence-corrected chi connectivity index (χ4v) is 1.93. The summed E-state index contributed by atoms with van der Waals surface area (Å²) in [7, 11) is 0. The topological polar surface area (TPSA) is 54.9 Å². The zero-order valence-corrected chi connectivity index (χ0v) is 9.76. The van der Waals surface area contributed by atoms with Crippen molar-refractivity contribution in [1.29, 1.82) is 0 Å². The van der Waals surface area contributed by atoms with Gasteiger partial charge >= 0.3 is 0 Å². The summed E-state index contributed by atoms with van der Waals surface area (Å²) >= 11 is 6.74. The quantitative estimate of drug-likeness (QED) is 0.855. The Balaban J connectivity index is 2.17. The van der Waals surface area contributed by atoms with E-state index in [1.54, 1.807) is 12.4 Å². The van der Waals surface area contributed by atoms with Crippen molar-refractivity contribution < 1.29 is 4.79 Å². The molecule has 1 N–H and O–H groups in total. The number of thiazole rings is 1. The third-order valence-electron chi connectivity index (χ3n) is 1.83. The van der Waals surface area contributed by atoms with E-state index in [0.717, 1.165) is 11.3 Å². The zero-order chi connectivity index (χ0) is 11.4. The van der Waals surface area contributed by atoms with Gasteiger partial charge in [-0.2, -0.15) is 0 Å². The minimum atomic E-state index is -0.256. The van der Waals surface area contributed by atoms with Gasteiger partial charge in [0.05, 0.1) is 5.69 Å². The van der Waals surface area contributed by atoms with Crippen molar-refractivity contribution in [2.24, 2.45) is 0 Å². The maximum absolute atomic E-state index is 11.0. The molecule has 2 aromatic rings. The van der Waals surface area contributed by atoms with E-state index < -0.39 is 0 Å². The molecule has 0 spiro atoms. The lowest BCUT2D eigenvalue weighted by Crippen LogP contribution is -2.12. The molecule has 0 unspecified atom stereocenters. The van der Waals surface area contributed by atoms with E-state index in [2.05, 4.69) is 15.3 Å². The van der Waals surface area contributed by atoms with Gasteiger partial charge in [-0.05, 0) is 12.1 Å². The van der Waals surface area contributed by atoms with Crippen molar-refractivity contribution >= 4 is 34.0 Å². The van der Waals surface area contributed by atoms with Crippen LogP contribution in [0, 0.1) is 0 Å². The van der Waals surface area contributed by atoms with Crippen LogP contribution in [0.25, 0.3) is 11.3 Å². The van der Waals surface area contributed by atoms with Crippen LogP contribution in [0.4, 0.5) is 5.13 Å². The molecule has 6 heteroatoms. The standard InChI is InChI=1S/C10H8ClN3OS/c11-4-9(15)14-10-13-8(6-16-10)7-2-1-3-12-5-7/h1-3,5-6H,4H2,(H,13,14,15). The SMILES string of the molecule is O=C(CCl)Nc1nc(-c2cccnc2)cs1. The molecule has 16 heavy (non-hydrogen) atoms. The first-order valence-electron chi connectivity index (χ1n) is 4.51. The van der Waals surface area contributed by atoms with E-state index in [9.17, 15) is 4.79 Å². The third-order valence-corrected chi connectivity index (χ3v) is 2.83. The second-order valence-corrected chi connectivity index (χ2v) is 4.09. The average Bonchev–Trinajstić information content (AvgIpc) is 2.78. The number of hydrogen-bond donors (Lipinski definition) is 1. The Hall–Kier alpha value is -1.46. The second-order valence-electron chi connectivity index (χ2n) is 2.96. The maximum atomic E-state index is 11.0. The smallest absolute Gasteiger partial charge is 0.241 e. The molecule has 0 saturated heterocycles. The average molecular weight is 254 g/mol. The Morgan fingerprint density at radius 1 is 1.56 bits per heavy atom. The predicted molar refractivity (Wildman–Crippen MR) is 64.7 cm³/mol. The van der Waals surface area contributed by atoms with Crippen LogP contribution in [0.5, 0.6) is 0 Å². The summed E-state index contributed by atoms with van der Waals surface area (Å²) in [5.74, 6) is -0.323. The summed E-state index contributed by atoms with van der Waals surface area (Å²) in [5, 5.41) is 5.01. The Kier molecular flexibility index (Phi) is 3.48. The molecular formula is C10H8ClN3OS. The zero-order valence-electron chi connectivity index (χ0n) is 8.18. The minimum absolute atomic E-state index is 0.0677. The minimum Gasteiger partial charge on any atom is -0.301 e. The third kappa shape index (κ3) is 2.56. The van der Waals surface area contributed by atoms with Crippen molar-refractivity contribution in [2.45, 2.75) is 0 Å². The highest BCUT2D eigenvalue weighted by Gasteiger charge is 2.06. The van der Waals surface area contributed by atoms with Crippen molar-refractivity contribution in [3.05, 3.63) is 29.9 Å². The molecule has 0 bridgehead atoms. The van der Waals surface area contributed by atoms with Crippen LogP contribution in [-0.4, -0.2) is 21.8 Å². The van der Waals surface area contributed by atoms with Gasteiger partial charge in [-0.25, -0.2) is 4.98 Å². The maximum Gasteiger partial charge on any atom is 0.241 e. The number of amides is 1. The van der Waals surface area contributed by atoms with Gasteiger partial charge in [-0.3, -0.25) is 9.78 Å². The van der Waals surface area contributed by atoms with Crippen LogP contribution in [0.15, 0.2) is 29.9 Å². The van der Waals surface area contributed by atoms with Crippen LogP contribution < -0.4 is 5.32 Å². The van der Waals surface area contributed by atoms with E-state index in [-0.39, 0.29) is 11.8 Å². The van der Waals surface area contributed by atoms with Gasteiger partial charge in [0.25, 0.3) is 0 Å². The summed E-state index contributed by atoms with van der Waals surface area (Å²) in [6, 6.07) is 3.75. The van der Waals surface area contributed by atoms with Gasteiger partial charge in [0.2, 0.25) is 5.91 Å². The van der Waals surface area contributed by atoms with Crippen LogP contribution in [0.3, 0.4) is 0 Å². The number of nitrogens with one attached hydrogen (secondary N) is 1. The summed E-state index contributed by atoms with van der Waals surface area (Å²) in [6.07, 6.45) is 3.42. The predicted octanol–water partition coefficient (Wildman–Crippen LogP) is 2.38. The van der Waals surface area contributed by atoms with E-state index in [1.807, 2.05) is 17.5 Å².